The van der Waals surface area contributed by atoms with Gasteiger partial charge in [0.15, 0.2) is 5.82 Å². The van der Waals surface area contributed by atoms with E-state index in [4.69, 9.17) is 9.97 Å². The molecule has 0 amide bonds. The van der Waals surface area contributed by atoms with E-state index in [1.165, 1.54) is 71.1 Å². The number of aromatic nitrogens is 2. The quantitative estimate of drug-likeness (QED) is 0.183. The van der Waals surface area contributed by atoms with Crippen molar-refractivity contribution in [3.05, 3.63) is 204 Å². The van der Waals surface area contributed by atoms with Crippen LogP contribution in [0.1, 0.15) is 22.3 Å². The third-order valence-corrected chi connectivity index (χ3v) is 12.9. The second kappa shape index (κ2) is 11.2. The molecule has 3 heteroatoms. The van der Waals surface area contributed by atoms with Gasteiger partial charge in [0.1, 0.15) is 0 Å². The highest BCUT2D eigenvalue weighted by molar-refractivity contribution is 7.26. The number of fused-ring (bicyclic) bond motifs is 15. The van der Waals surface area contributed by atoms with E-state index < -0.39 is 5.41 Å². The first kappa shape index (κ1) is 29.9. The lowest BCUT2D eigenvalue weighted by molar-refractivity contribution is 0.794. The van der Waals surface area contributed by atoms with Crippen molar-refractivity contribution in [2.45, 2.75) is 5.41 Å². The Labute approximate surface area is 316 Å². The van der Waals surface area contributed by atoms with Crippen LogP contribution in [0.2, 0.25) is 0 Å². The molecule has 0 N–H and O–H groups in total. The van der Waals surface area contributed by atoms with Crippen molar-refractivity contribution in [3.63, 3.8) is 0 Å². The summed E-state index contributed by atoms with van der Waals surface area (Å²) in [5.74, 6) is 0.750. The Hall–Kier alpha value is -6.68. The number of thiophene rings is 1. The molecule has 2 aliphatic rings. The van der Waals surface area contributed by atoms with Crippen LogP contribution in [0.3, 0.4) is 0 Å². The van der Waals surface area contributed by atoms with Crippen LogP contribution in [0, 0.1) is 0 Å². The number of nitrogens with zero attached hydrogens (tertiary/aromatic N) is 2. The van der Waals surface area contributed by atoms with Crippen LogP contribution in [0.15, 0.2) is 182 Å². The fourth-order valence-electron chi connectivity index (χ4n) is 9.53. The topological polar surface area (TPSA) is 25.8 Å². The lowest BCUT2D eigenvalue weighted by atomic mass is 9.70. The van der Waals surface area contributed by atoms with Crippen LogP contribution in [0.5, 0.6) is 0 Å². The molecule has 1 spiro atoms. The molecule has 0 fully saturated rings. The third-order valence-electron chi connectivity index (χ3n) is 11.7. The van der Waals surface area contributed by atoms with Crippen molar-refractivity contribution in [2.24, 2.45) is 0 Å². The van der Waals surface area contributed by atoms with Crippen molar-refractivity contribution in [1.29, 1.82) is 0 Å². The maximum Gasteiger partial charge on any atom is 0.161 e. The Bertz CT molecular complexity index is 3180. The van der Waals surface area contributed by atoms with Gasteiger partial charge >= 0.3 is 0 Å². The van der Waals surface area contributed by atoms with Crippen molar-refractivity contribution >= 4 is 42.4 Å². The molecule has 0 saturated heterocycles. The fraction of sp³-hybridized carbons (Fsp3) is 0.0196. The Kier molecular flexibility index (Phi) is 6.17. The van der Waals surface area contributed by atoms with Gasteiger partial charge in [0, 0.05) is 21.2 Å². The molecule has 0 aliphatic heterocycles. The summed E-state index contributed by atoms with van der Waals surface area (Å²) in [7, 11) is 0. The van der Waals surface area contributed by atoms with Crippen LogP contribution in [-0.2, 0) is 5.41 Å². The van der Waals surface area contributed by atoms with Gasteiger partial charge in [-0.25, -0.2) is 9.97 Å². The average Bonchev–Trinajstić information content (AvgIpc) is 3.88. The van der Waals surface area contributed by atoms with Crippen LogP contribution < -0.4 is 0 Å². The van der Waals surface area contributed by atoms with E-state index in [2.05, 4.69) is 182 Å². The predicted molar refractivity (Wildman–Crippen MR) is 225 cm³/mol. The molecular weight excluding hydrogens is 673 g/mol. The molecule has 1 unspecified atom stereocenters. The van der Waals surface area contributed by atoms with E-state index in [0.29, 0.717) is 0 Å². The molecule has 54 heavy (non-hydrogen) atoms. The summed E-state index contributed by atoms with van der Waals surface area (Å²) in [6.07, 6.45) is 0. The van der Waals surface area contributed by atoms with Crippen LogP contribution >= 0.6 is 11.3 Å². The zero-order chi connectivity index (χ0) is 35.4. The minimum atomic E-state index is -0.468. The highest BCUT2D eigenvalue weighted by atomic mass is 32.1. The Morgan fingerprint density at radius 3 is 1.87 bits per heavy atom. The summed E-state index contributed by atoms with van der Waals surface area (Å²) >= 11 is 1.78. The summed E-state index contributed by atoms with van der Waals surface area (Å²) < 4.78 is 2.33. The summed E-state index contributed by atoms with van der Waals surface area (Å²) in [6.45, 7) is 0. The highest BCUT2D eigenvalue weighted by Crippen LogP contribution is 2.64. The van der Waals surface area contributed by atoms with Gasteiger partial charge < -0.3 is 0 Å². The molecule has 1 atom stereocenters. The molecular formula is C51H30N2S. The monoisotopic (exact) mass is 702 g/mol. The summed E-state index contributed by atoms with van der Waals surface area (Å²) in [5.41, 5.74) is 16.4. The minimum Gasteiger partial charge on any atom is -0.226 e. The maximum atomic E-state index is 5.57. The second-order valence-corrected chi connectivity index (χ2v) is 15.4. The molecule has 2 aromatic heterocycles. The van der Waals surface area contributed by atoms with Gasteiger partial charge in [-0.05, 0) is 78.5 Å². The lowest BCUT2D eigenvalue weighted by Gasteiger charge is -2.30. The standard InChI is InChI=1S/C51H30N2S/c1-2-14-31(15-3-1)33-17-12-18-34(30-33)47-49-48(38-22-8-11-27-44(38)54-49)53-50(52-47)39-23-13-26-42-46(39)37-21-7-10-25-41(37)51(42)40-24-9-6-20-36(40)45-35-19-5-4-16-32(35)28-29-43(45)51/h1-30H. The number of benzene rings is 8. The van der Waals surface area contributed by atoms with Gasteiger partial charge in [-0.15, -0.1) is 11.3 Å². The van der Waals surface area contributed by atoms with Crippen molar-refractivity contribution in [1.82, 2.24) is 9.97 Å². The smallest absolute Gasteiger partial charge is 0.161 e. The molecule has 10 aromatic rings. The first-order valence-electron chi connectivity index (χ1n) is 18.5. The van der Waals surface area contributed by atoms with Gasteiger partial charge in [0.05, 0.1) is 21.3 Å². The Morgan fingerprint density at radius 2 is 1.02 bits per heavy atom. The lowest BCUT2D eigenvalue weighted by Crippen LogP contribution is -2.25. The largest absolute Gasteiger partial charge is 0.226 e. The number of rotatable bonds is 3. The van der Waals surface area contributed by atoms with Gasteiger partial charge in [-0.1, -0.05) is 170 Å². The molecule has 2 nitrogen and oxygen atoms in total. The zero-order valence-electron chi connectivity index (χ0n) is 29.1. The summed E-state index contributed by atoms with van der Waals surface area (Å²) in [6, 6.07) is 66.4. The van der Waals surface area contributed by atoms with E-state index in [1.807, 2.05) is 0 Å². The van der Waals surface area contributed by atoms with E-state index >= 15 is 0 Å². The molecule has 2 aliphatic carbocycles. The van der Waals surface area contributed by atoms with E-state index in [0.717, 1.165) is 38.2 Å². The highest BCUT2D eigenvalue weighted by Gasteiger charge is 2.52. The van der Waals surface area contributed by atoms with E-state index in [9.17, 15) is 0 Å². The molecule has 0 bridgehead atoms. The van der Waals surface area contributed by atoms with Crippen LogP contribution in [0.4, 0.5) is 0 Å². The Balaban J connectivity index is 1.16. The maximum absolute atomic E-state index is 5.57. The number of hydrogen-bond acceptors (Lipinski definition) is 3. The first-order valence-corrected chi connectivity index (χ1v) is 19.3. The van der Waals surface area contributed by atoms with E-state index in [1.54, 1.807) is 11.3 Å². The summed E-state index contributed by atoms with van der Waals surface area (Å²) in [4.78, 5) is 11.1. The average molecular weight is 703 g/mol. The SMILES string of the molecule is c1ccc(-c2cccc(-c3nc(-c4cccc5c4-c4ccccc4C54c5ccccc5-c5c4ccc4ccccc54)nc4c3sc3ccccc34)c2)cc1. The van der Waals surface area contributed by atoms with Crippen LogP contribution in [-0.4, -0.2) is 9.97 Å². The van der Waals surface area contributed by atoms with Gasteiger partial charge in [0.2, 0.25) is 0 Å². The molecule has 2 heterocycles. The Morgan fingerprint density at radius 1 is 0.407 bits per heavy atom. The summed E-state index contributed by atoms with van der Waals surface area (Å²) in [5, 5.41) is 3.72. The molecule has 12 rings (SSSR count). The van der Waals surface area contributed by atoms with Gasteiger partial charge in [0.25, 0.3) is 0 Å². The van der Waals surface area contributed by atoms with Crippen molar-refractivity contribution in [3.8, 4) is 56.0 Å². The zero-order valence-corrected chi connectivity index (χ0v) is 29.9. The molecule has 0 saturated carbocycles. The van der Waals surface area contributed by atoms with Gasteiger partial charge in [-0.2, -0.15) is 0 Å². The molecule has 250 valence electrons. The second-order valence-electron chi connectivity index (χ2n) is 14.4. The molecule has 0 radical (unpaired) electrons. The predicted octanol–water partition coefficient (Wildman–Crippen LogP) is 13.3. The fourth-order valence-corrected chi connectivity index (χ4v) is 10.7. The first-order chi connectivity index (χ1) is 26.8. The van der Waals surface area contributed by atoms with Crippen molar-refractivity contribution < 1.29 is 0 Å². The minimum absolute atomic E-state index is 0.468. The van der Waals surface area contributed by atoms with Gasteiger partial charge in [-0.3, -0.25) is 0 Å². The van der Waals surface area contributed by atoms with Crippen LogP contribution in [0.25, 0.3) is 87.1 Å². The third kappa shape index (κ3) is 3.94. The normalized spacial score (nSPS) is 15.1. The van der Waals surface area contributed by atoms with E-state index in [-0.39, 0.29) is 0 Å². The van der Waals surface area contributed by atoms with Crippen molar-refractivity contribution in [2.75, 3.05) is 0 Å². The number of hydrogen-bond donors (Lipinski definition) is 0. The molecule has 8 aromatic carbocycles.